The maximum atomic E-state index is 11.8. The number of nitrogens with zero attached hydrogens (tertiary/aromatic N) is 3. The summed E-state index contributed by atoms with van der Waals surface area (Å²) in [5.41, 5.74) is 0. The Morgan fingerprint density at radius 1 is 1.00 bits per heavy atom. The van der Waals surface area contributed by atoms with E-state index in [1.165, 1.54) is 17.7 Å². The molecule has 24 heavy (non-hydrogen) atoms. The van der Waals surface area contributed by atoms with Gasteiger partial charge in [-0.15, -0.1) is 11.3 Å². The van der Waals surface area contributed by atoms with E-state index in [0.29, 0.717) is 35.4 Å². The van der Waals surface area contributed by atoms with E-state index in [1.807, 2.05) is 29.6 Å². The van der Waals surface area contributed by atoms with Gasteiger partial charge in [0.15, 0.2) is 0 Å². The van der Waals surface area contributed by atoms with Gasteiger partial charge in [0.05, 0.1) is 4.88 Å². The number of hydrogen-bond acceptors (Lipinski definition) is 7. The second kappa shape index (κ2) is 8.02. The molecule has 0 saturated carbocycles. The van der Waals surface area contributed by atoms with Crippen molar-refractivity contribution in [3.63, 3.8) is 0 Å². The van der Waals surface area contributed by atoms with Crippen LogP contribution < -0.4 is 16.0 Å². The van der Waals surface area contributed by atoms with Gasteiger partial charge < -0.3 is 16.0 Å². The minimum absolute atomic E-state index is 0.0630. The average molecular weight is 340 g/mol. The van der Waals surface area contributed by atoms with Crippen molar-refractivity contribution in [1.82, 2.24) is 20.3 Å². The van der Waals surface area contributed by atoms with Crippen molar-refractivity contribution >= 4 is 34.7 Å². The molecule has 0 saturated heterocycles. The highest BCUT2D eigenvalue weighted by Gasteiger charge is 2.05. The number of pyridine rings is 1. The Balaban J connectivity index is 1.47. The van der Waals surface area contributed by atoms with Crippen LogP contribution in [0, 0.1) is 0 Å². The molecule has 3 aromatic heterocycles. The third kappa shape index (κ3) is 4.50. The number of hydrogen-bond donors (Lipinski definition) is 3. The highest BCUT2D eigenvalue weighted by atomic mass is 32.1. The molecule has 3 aromatic rings. The second-order valence-corrected chi connectivity index (χ2v) is 5.74. The summed E-state index contributed by atoms with van der Waals surface area (Å²) < 4.78 is 0. The smallest absolute Gasteiger partial charge is 0.261 e. The van der Waals surface area contributed by atoms with Crippen LogP contribution in [0.2, 0.25) is 0 Å². The van der Waals surface area contributed by atoms with Crippen LogP contribution in [0.15, 0.2) is 54.3 Å². The quantitative estimate of drug-likeness (QED) is 0.573. The fourth-order valence-electron chi connectivity index (χ4n) is 1.95. The van der Waals surface area contributed by atoms with Crippen molar-refractivity contribution in [3.8, 4) is 0 Å². The standard InChI is InChI=1S/C16H16N6OS/c23-16(12-4-3-9-24-12)19-8-7-18-14-10-15(21-11-20-14)22-13-5-1-2-6-17-13/h1-6,9-11H,7-8H2,(H,19,23)(H2,17,18,20,21,22). The molecule has 0 aromatic carbocycles. The molecule has 0 spiro atoms. The van der Waals surface area contributed by atoms with E-state index in [2.05, 4.69) is 30.9 Å². The summed E-state index contributed by atoms with van der Waals surface area (Å²) in [6, 6.07) is 11.0. The lowest BCUT2D eigenvalue weighted by Gasteiger charge is -2.08. The summed E-state index contributed by atoms with van der Waals surface area (Å²) >= 11 is 1.42. The van der Waals surface area contributed by atoms with Crippen molar-refractivity contribution in [3.05, 3.63) is 59.2 Å². The molecule has 0 fully saturated rings. The summed E-state index contributed by atoms with van der Waals surface area (Å²) in [6.45, 7) is 1.07. The zero-order valence-corrected chi connectivity index (χ0v) is 13.6. The molecule has 0 unspecified atom stereocenters. The number of thiophene rings is 1. The Morgan fingerprint density at radius 2 is 1.92 bits per heavy atom. The maximum Gasteiger partial charge on any atom is 0.261 e. The number of aromatic nitrogens is 3. The van der Waals surface area contributed by atoms with E-state index in [4.69, 9.17) is 0 Å². The summed E-state index contributed by atoms with van der Waals surface area (Å²) in [6.07, 6.45) is 3.18. The van der Waals surface area contributed by atoms with Gasteiger partial charge in [-0.05, 0) is 23.6 Å². The SMILES string of the molecule is O=C(NCCNc1cc(Nc2ccccn2)ncn1)c1cccs1. The van der Waals surface area contributed by atoms with Gasteiger partial charge in [-0.3, -0.25) is 4.79 Å². The van der Waals surface area contributed by atoms with Gasteiger partial charge in [0, 0.05) is 25.4 Å². The summed E-state index contributed by atoms with van der Waals surface area (Å²) in [5.74, 6) is 1.97. The van der Waals surface area contributed by atoms with Crippen molar-refractivity contribution < 1.29 is 4.79 Å². The van der Waals surface area contributed by atoms with Crippen LogP contribution >= 0.6 is 11.3 Å². The Bertz CT molecular complexity index is 778. The number of rotatable bonds is 7. The zero-order valence-electron chi connectivity index (χ0n) is 12.8. The van der Waals surface area contributed by atoms with Gasteiger partial charge in [-0.1, -0.05) is 12.1 Å². The number of anilines is 3. The molecule has 8 heteroatoms. The number of amides is 1. The lowest BCUT2D eigenvalue weighted by atomic mass is 10.4. The maximum absolute atomic E-state index is 11.8. The van der Waals surface area contributed by atoms with Crippen LogP contribution in [-0.2, 0) is 0 Å². The molecule has 122 valence electrons. The fraction of sp³-hybridized carbons (Fsp3) is 0.125. The third-order valence-corrected chi connectivity index (χ3v) is 3.92. The minimum Gasteiger partial charge on any atom is -0.368 e. The Labute approximate surface area is 143 Å². The van der Waals surface area contributed by atoms with Gasteiger partial charge >= 0.3 is 0 Å². The lowest BCUT2D eigenvalue weighted by molar-refractivity contribution is 0.0959. The molecule has 7 nitrogen and oxygen atoms in total. The summed E-state index contributed by atoms with van der Waals surface area (Å²) in [7, 11) is 0. The average Bonchev–Trinajstić information content (AvgIpc) is 3.15. The molecule has 0 bridgehead atoms. The van der Waals surface area contributed by atoms with E-state index >= 15 is 0 Å². The third-order valence-electron chi connectivity index (χ3n) is 3.05. The molecule has 3 rings (SSSR count). The Kier molecular flexibility index (Phi) is 5.31. The fourth-order valence-corrected chi connectivity index (χ4v) is 2.59. The van der Waals surface area contributed by atoms with Crippen LogP contribution in [0.25, 0.3) is 0 Å². The normalized spacial score (nSPS) is 10.2. The Hall–Kier alpha value is -3.00. The number of carbonyl (C=O) groups excluding carboxylic acids is 1. The minimum atomic E-state index is -0.0630. The lowest BCUT2D eigenvalue weighted by Crippen LogP contribution is -2.28. The predicted molar refractivity (Wildman–Crippen MR) is 94.7 cm³/mol. The van der Waals surface area contributed by atoms with Crippen LogP contribution in [0.4, 0.5) is 17.5 Å². The van der Waals surface area contributed by atoms with E-state index < -0.39 is 0 Å². The van der Waals surface area contributed by atoms with E-state index in [0.717, 1.165) is 0 Å². The van der Waals surface area contributed by atoms with Gasteiger partial charge in [-0.25, -0.2) is 15.0 Å². The molecule has 0 radical (unpaired) electrons. The second-order valence-electron chi connectivity index (χ2n) is 4.79. The molecule has 1 amide bonds. The first-order chi connectivity index (χ1) is 11.8. The largest absolute Gasteiger partial charge is 0.368 e. The monoisotopic (exact) mass is 340 g/mol. The van der Waals surface area contributed by atoms with Crippen molar-refractivity contribution in [1.29, 1.82) is 0 Å². The summed E-state index contributed by atoms with van der Waals surface area (Å²) in [5, 5.41) is 11.0. The molecule has 3 N–H and O–H groups in total. The molecule has 0 aliphatic carbocycles. The van der Waals surface area contributed by atoms with Crippen LogP contribution in [0.1, 0.15) is 9.67 Å². The first-order valence-electron chi connectivity index (χ1n) is 7.37. The zero-order chi connectivity index (χ0) is 16.6. The molecule has 0 atom stereocenters. The molecule has 3 heterocycles. The molecule has 0 aliphatic heterocycles. The van der Waals surface area contributed by atoms with Gasteiger partial charge in [-0.2, -0.15) is 0 Å². The van der Waals surface area contributed by atoms with Gasteiger partial charge in [0.1, 0.15) is 23.8 Å². The van der Waals surface area contributed by atoms with Crippen LogP contribution in [0.5, 0.6) is 0 Å². The first-order valence-corrected chi connectivity index (χ1v) is 8.25. The van der Waals surface area contributed by atoms with Crippen LogP contribution in [-0.4, -0.2) is 33.9 Å². The first kappa shape index (κ1) is 15.9. The molecule has 0 aliphatic rings. The molecular formula is C16H16N6OS. The van der Waals surface area contributed by atoms with Gasteiger partial charge in [0.25, 0.3) is 5.91 Å². The van der Waals surface area contributed by atoms with E-state index in [-0.39, 0.29) is 5.91 Å². The highest BCUT2D eigenvalue weighted by Crippen LogP contribution is 2.13. The van der Waals surface area contributed by atoms with Crippen molar-refractivity contribution in [2.75, 3.05) is 23.7 Å². The van der Waals surface area contributed by atoms with Crippen LogP contribution in [0.3, 0.4) is 0 Å². The van der Waals surface area contributed by atoms with E-state index in [9.17, 15) is 4.79 Å². The number of nitrogens with one attached hydrogen (secondary N) is 3. The van der Waals surface area contributed by atoms with Crippen molar-refractivity contribution in [2.24, 2.45) is 0 Å². The van der Waals surface area contributed by atoms with Gasteiger partial charge in [0.2, 0.25) is 0 Å². The summed E-state index contributed by atoms with van der Waals surface area (Å²) in [4.78, 5) is 25.0. The Morgan fingerprint density at radius 3 is 2.71 bits per heavy atom. The topological polar surface area (TPSA) is 91.8 Å². The highest BCUT2D eigenvalue weighted by molar-refractivity contribution is 7.12. The van der Waals surface area contributed by atoms with Crippen molar-refractivity contribution in [2.45, 2.75) is 0 Å². The predicted octanol–water partition coefficient (Wildman–Crippen LogP) is 2.52. The molecular weight excluding hydrogens is 324 g/mol. The van der Waals surface area contributed by atoms with E-state index in [1.54, 1.807) is 18.3 Å². The number of carbonyl (C=O) groups is 1.